The number of nitrogens with one attached hydrogen (secondary N) is 1. The number of hydrogen-bond acceptors (Lipinski definition) is 5. The predicted octanol–water partition coefficient (Wildman–Crippen LogP) is 6.14. The van der Waals surface area contributed by atoms with E-state index in [0.717, 1.165) is 33.8 Å². The molecule has 2 aromatic carbocycles. The van der Waals surface area contributed by atoms with Crippen molar-refractivity contribution in [1.82, 2.24) is 24.7 Å². The summed E-state index contributed by atoms with van der Waals surface area (Å²) in [6.45, 7) is 2.11. The molecule has 37 heavy (non-hydrogen) atoms. The Hall–Kier alpha value is -4.65. The molecule has 1 amide bonds. The summed E-state index contributed by atoms with van der Waals surface area (Å²) in [5.74, 6) is 1.06. The van der Waals surface area contributed by atoms with Gasteiger partial charge in [0.1, 0.15) is 12.0 Å². The SMILES string of the molecule is C[C@@H](c1ccccc1)n1cnnc1-c1cccc(NC(=O)c2cc(-c3ccc(C4CC4)nc3)ccn2)c1. The van der Waals surface area contributed by atoms with Crippen LogP contribution in [0.4, 0.5) is 5.69 Å². The molecule has 0 saturated heterocycles. The van der Waals surface area contributed by atoms with E-state index >= 15 is 0 Å². The number of pyridine rings is 2. The summed E-state index contributed by atoms with van der Waals surface area (Å²) in [5.41, 5.74) is 6.05. The number of rotatable bonds is 7. The first-order valence-corrected chi connectivity index (χ1v) is 12.4. The predicted molar refractivity (Wildman–Crippen MR) is 143 cm³/mol. The van der Waals surface area contributed by atoms with Crippen molar-refractivity contribution in [2.24, 2.45) is 0 Å². The maximum absolute atomic E-state index is 13.1. The summed E-state index contributed by atoms with van der Waals surface area (Å²) in [7, 11) is 0. The number of hydrogen-bond donors (Lipinski definition) is 1. The molecule has 7 nitrogen and oxygen atoms in total. The Kier molecular flexibility index (Phi) is 6.02. The molecule has 1 N–H and O–H groups in total. The van der Waals surface area contributed by atoms with E-state index in [1.165, 1.54) is 12.8 Å². The molecule has 0 radical (unpaired) electrons. The summed E-state index contributed by atoms with van der Waals surface area (Å²) in [5, 5.41) is 11.5. The second-order valence-electron chi connectivity index (χ2n) is 9.36. The Balaban J connectivity index is 1.21. The molecule has 0 unspecified atom stereocenters. The van der Waals surface area contributed by atoms with Gasteiger partial charge in [-0.25, -0.2) is 0 Å². The highest BCUT2D eigenvalue weighted by Gasteiger charge is 2.24. The monoisotopic (exact) mass is 486 g/mol. The van der Waals surface area contributed by atoms with Gasteiger partial charge in [0.15, 0.2) is 5.82 Å². The van der Waals surface area contributed by atoms with Crippen molar-refractivity contribution in [3.05, 3.63) is 115 Å². The lowest BCUT2D eigenvalue weighted by atomic mass is 10.1. The highest BCUT2D eigenvalue weighted by atomic mass is 16.1. The first-order valence-electron chi connectivity index (χ1n) is 12.4. The fourth-order valence-electron chi connectivity index (χ4n) is 4.49. The Bertz CT molecular complexity index is 1540. The average Bonchev–Trinajstić information content (AvgIpc) is 3.69. The van der Waals surface area contributed by atoms with Gasteiger partial charge < -0.3 is 9.88 Å². The van der Waals surface area contributed by atoms with Crippen molar-refractivity contribution in [2.45, 2.75) is 31.7 Å². The molecular formula is C30H26N6O. The van der Waals surface area contributed by atoms with Crippen molar-refractivity contribution >= 4 is 11.6 Å². The summed E-state index contributed by atoms with van der Waals surface area (Å²) in [6, 6.07) is 25.7. The number of nitrogens with zero attached hydrogens (tertiary/aromatic N) is 5. The Morgan fingerprint density at radius 2 is 1.78 bits per heavy atom. The largest absolute Gasteiger partial charge is 0.321 e. The van der Waals surface area contributed by atoms with Gasteiger partial charge in [-0.15, -0.1) is 10.2 Å². The van der Waals surface area contributed by atoms with Crippen molar-refractivity contribution in [3.63, 3.8) is 0 Å². The van der Waals surface area contributed by atoms with Crippen LogP contribution in [0.5, 0.6) is 0 Å². The number of anilines is 1. The Labute approximate surface area is 215 Å². The minimum Gasteiger partial charge on any atom is -0.321 e. The molecule has 0 aliphatic heterocycles. The quantitative estimate of drug-likeness (QED) is 0.299. The van der Waals surface area contributed by atoms with Gasteiger partial charge in [0.05, 0.1) is 6.04 Å². The highest BCUT2D eigenvalue weighted by Crippen LogP contribution is 2.39. The summed E-state index contributed by atoms with van der Waals surface area (Å²) < 4.78 is 2.03. The smallest absolute Gasteiger partial charge is 0.274 e. The van der Waals surface area contributed by atoms with Gasteiger partial charge in [-0.2, -0.15) is 0 Å². The van der Waals surface area contributed by atoms with E-state index in [9.17, 15) is 4.79 Å². The van der Waals surface area contributed by atoms with Crippen LogP contribution in [0.3, 0.4) is 0 Å². The van der Waals surface area contributed by atoms with Crippen molar-refractivity contribution in [2.75, 3.05) is 5.32 Å². The van der Waals surface area contributed by atoms with Crippen LogP contribution in [0.2, 0.25) is 0 Å². The lowest BCUT2D eigenvalue weighted by molar-refractivity contribution is 0.102. The van der Waals surface area contributed by atoms with E-state index in [4.69, 9.17) is 0 Å². The van der Waals surface area contributed by atoms with Crippen LogP contribution < -0.4 is 5.32 Å². The standard InChI is InChI=1S/C30H26N6O/c1-20(21-6-3-2-4-7-21)36-19-33-35-29(36)24-8-5-9-26(16-24)34-30(37)28-17-23(14-15-31-28)25-12-13-27(32-18-25)22-10-11-22/h2-9,12-20,22H,10-11H2,1H3,(H,34,37)/t20-/m0/s1. The number of benzene rings is 2. The first kappa shape index (κ1) is 22.8. The fraction of sp³-hybridized carbons (Fsp3) is 0.167. The molecule has 5 aromatic rings. The van der Waals surface area contributed by atoms with Crippen molar-refractivity contribution in [1.29, 1.82) is 0 Å². The summed E-state index contributed by atoms with van der Waals surface area (Å²) >= 11 is 0. The zero-order valence-electron chi connectivity index (χ0n) is 20.5. The molecular weight excluding hydrogens is 460 g/mol. The van der Waals surface area contributed by atoms with Crippen LogP contribution in [0.1, 0.15) is 53.5 Å². The number of aromatic nitrogens is 5. The summed E-state index contributed by atoms with van der Waals surface area (Å²) in [6.07, 6.45) is 7.71. The third-order valence-corrected chi connectivity index (χ3v) is 6.76. The van der Waals surface area contributed by atoms with E-state index in [-0.39, 0.29) is 11.9 Å². The molecule has 1 saturated carbocycles. The zero-order valence-corrected chi connectivity index (χ0v) is 20.5. The van der Waals surface area contributed by atoms with E-state index in [1.54, 1.807) is 18.6 Å². The number of carbonyl (C=O) groups excluding carboxylic acids is 1. The first-order chi connectivity index (χ1) is 18.2. The van der Waals surface area contributed by atoms with Gasteiger partial charge in [-0.05, 0) is 61.2 Å². The topological polar surface area (TPSA) is 85.6 Å². The van der Waals surface area contributed by atoms with Gasteiger partial charge in [-0.3, -0.25) is 14.8 Å². The van der Waals surface area contributed by atoms with E-state index in [0.29, 0.717) is 17.3 Å². The van der Waals surface area contributed by atoms with Gasteiger partial charge in [0.25, 0.3) is 5.91 Å². The highest BCUT2D eigenvalue weighted by molar-refractivity contribution is 6.03. The zero-order chi connectivity index (χ0) is 25.2. The number of carbonyl (C=O) groups is 1. The lowest BCUT2D eigenvalue weighted by Gasteiger charge is -2.16. The molecule has 1 aliphatic carbocycles. The molecule has 1 atom stereocenters. The molecule has 1 fully saturated rings. The van der Waals surface area contributed by atoms with Crippen LogP contribution >= 0.6 is 0 Å². The molecule has 7 heteroatoms. The maximum Gasteiger partial charge on any atom is 0.274 e. The maximum atomic E-state index is 13.1. The molecule has 0 spiro atoms. The third-order valence-electron chi connectivity index (χ3n) is 6.76. The van der Waals surface area contributed by atoms with E-state index in [1.807, 2.05) is 59.3 Å². The summed E-state index contributed by atoms with van der Waals surface area (Å²) in [4.78, 5) is 22.0. The third kappa shape index (κ3) is 4.89. The minimum atomic E-state index is -0.277. The Morgan fingerprint density at radius 1 is 0.919 bits per heavy atom. The van der Waals surface area contributed by atoms with Crippen LogP contribution in [-0.4, -0.2) is 30.6 Å². The van der Waals surface area contributed by atoms with Crippen molar-refractivity contribution < 1.29 is 4.79 Å². The second-order valence-corrected chi connectivity index (χ2v) is 9.36. The van der Waals surface area contributed by atoms with Crippen LogP contribution in [0, 0.1) is 0 Å². The fourth-order valence-corrected chi connectivity index (χ4v) is 4.49. The van der Waals surface area contributed by atoms with Crippen LogP contribution in [0.25, 0.3) is 22.5 Å². The van der Waals surface area contributed by atoms with Gasteiger partial charge >= 0.3 is 0 Å². The normalized spacial score (nSPS) is 13.8. The molecule has 182 valence electrons. The second kappa shape index (κ2) is 9.78. The molecule has 0 bridgehead atoms. The molecule has 6 rings (SSSR count). The van der Waals surface area contributed by atoms with E-state index in [2.05, 4.69) is 56.7 Å². The Morgan fingerprint density at radius 3 is 2.57 bits per heavy atom. The number of amides is 1. The lowest BCUT2D eigenvalue weighted by Crippen LogP contribution is -2.14. The van der Waals surface area contributed by atoms with Gasteiger partial charge in [0.2, 0.25) is 0 Å². The van der Waals surface area contributed by atoms with Crippen molar-refractivity contribution in [3.8, 4) is 22.5 Å². The van der Waals surface area contributed by atoms with Crippen LogP contribution in [-0.2, 0) is 0 Å². The molecule has 3 heterocycles. The van der Waals surface area contributed by atoms with E-state index < -0.39 is 0 Å². The molecule has 1 aliphatic rings. The van der Waals surface area contributed by atoms with Gasteiger partial charge in [-0.1, -0.05) is 48.5 Å². The average molecular weight is 487 g/mol. The van der Waals surface area contributed by atoms with Gasteiger partial charge in [0, 0.05) is 40.8 Å². The van der Waals surface area contributed by atoms with Crippen LogP contribution in [0.15, 0.2) is 97.6 Å². The minimum absolute atomic E-state index is 0.0595. The molecule has 3 aromatic heterocycles.